The van der Waals surface area contributed by atoms with Crippen LogP contribution in [0.3, 0.4) is 0 Å². The van der Waals surface area contributed by atoms with Crippen LogP contribution in [0.1, 0.15) is 18.9 Å². The molecule has 1 saturated heterocycles. The summed E-state index contributed by atoms with van der Waals surface area (Å²) in [5.74, 6) is 1.35. The van der Waals surface area contributed by atoms with Gasteiger partial charge in [0.05, 0.1) is 12.6 Å². The minimum atomic E-state index is -0.330. The fraction of sp³-hybridized carbons (Fsp3) is 0.350. The molecule has 0 radical (unpaired) electrons. The third-order valence-corrected chi connectivity index (χ3v) is 4.39. The molecule has 25 heavy (non-hydrogen) atoms. The minimum Gasteiger partial charge on any atom is -0.494 e. The van der Waals surface area contributed by atoms with E-state index in [4.69, 9.17) is 15.2 Å². The monoisotopic (exact) mass is 340 g/mol. The van der Waals surface area contributed by atoms with Crippen LogP contribution in [-0.4, -0.2) is 36.1 Å². The number of amides is 1. The number of likely N-dealkylation sites (tertiary alicyclic amines) is 1. The van der Waals surface area contributed by atoms with E-state index in [2.05, 4.69) is 4.90 Å². The number of nitrogens with zero attached hydrogens (tertiary/aromatic N) is 1. The zero-order valence-electron chi connectivity index (χ0n) is 14.4. The summed E-state index contributed by atoms with van der Waals surface area (Å²) in [6.45, 7) is 3.83. The summed E-state index contributed by atoms with van der Waals surface area (Å²) in [7, 11) is 0. The number of ether oxygens (including phenoxy) is 2. The van der Waals surface area contributed by atoms with E-state index in [0.717, 1.165) is 17.1 Å². The molecule has 0 bridgehead atoms. The molecule has 0 spiro atoms. The zero-order chi connectivity index (χ0) is 17.6. The molecule has 2 aromatic rings. The van der Waals surface area contributed by atoms with Crippen molar-refractivity contribution in [2.75, 3.05) is 13.2 Å². The van der Waals surface area contributed by atoms with Gasteiger partial charge < -0.3 is 15.2 Å². The van der Waals surface area contributed by atoms with Crippen LogP contribution < -0.4 is 15.2 Å². The van der Waals surface area contributed by atoms with E-state index >= 15 is 0 Å². The van der Waals surface area contributed by atoms with Gasteiger partial charge in [0.15, 0.2) is 0 Å². The Kier molecular flexibility index (Phi) is 5.56. The van der Waals surface area contributed by atoms with Gasteiger partial charge in [-0.25, -0.2) is 0 Å². The van der Waals surface area contributed by atoms with Crippen molar-refractivity contribution in [1.29, 1.82) is 0 Å². The molecule has 0 saturated carbocycles. The molecule has 2 N–H and O–H groups in total. The molecular formula is C20H24N2O3. The van der Waals surface area contributed by atoms with E-state index in [1.807, 2.05) is 61.5 Å². The molecule has 132 valence electrons. The van der Waals surface area contributed by atoms with E-state index in [0.29, 0.717) is 26.1 Å². The van der Waals surface area contributed by atoms with Crippen molar-refractivity contribution in [3.63, 3.8) is 0 Å². The van der Waals surface area contributed by atoms with Gasteiger partial charge in [-0.2, -0.15) is 0 Å². The number of para-hydroxylation sites is 2. The predicted molar refractivity (Wildman–Crippen MR) is 96.5 cm³/mol. The van der Waals surface area contributed by atoms with Gasteiger partial charge in [0, 0.05) is 25.1 Å². The van der Waals surface area contributed by atoms with E-state index in [9.17, 15) is 4.79 Å². The molecule has 2 aromatic carbocycles. The lowest BCUT2D eigenvalue weighted by Crippen LogP contribution is -2.39. The first kappa shape index (κ1) is 17.3. The van der Waals surface area contributed by atoms with Gasteiger partial charge >= 0.3 is 0 Å². The molecule has 3 rings (SSSR count). The highest BCUT2D eigenvalue weighted by Gasteiger charge is 2.37. The van der Waals surface area contributed by atoms with Crippen LogP contribution in [0.15, 0.2) is 54.6 Å². The number of benzene rings is 2. The van der Waals surface area contributed by atoms with Gasteiger partial charge in [-0.1, -0.05) is 36.4 Å². The molecule has 1 fully saturated rings. The van der Waals surface area contributed by atoms with Crippen LogP contribution in [0.5, 0.6) is 11.5 Å². The Bertz CT molecular complexity index is 705. The summed E-state index contributed by atoms with van der Waals surface area (Å²) >= 11 is 0. The number of carbonyl (C=O) groups is 1. The number of hydrogen-bond acceptors (Lipinski definition) is 4. The highest BCUT2D eigenvalue weighted by Crippen LogP contribution is 2.27. The molecule has 1 aliphatic rings. The first-order chi connectivity index (χ1) is 12.2. The zero-order valence-corrected chi connectivity index (χ0v) is 14.4. The maximum Gasteiger partial charge on any atom is 0.234 e. The van der Waals surface area contributed by atoms with Crippen molar-refractivity contribution in [2.24, 2.45) is 5.73 Å². The maximum absolute atomic E-state index is 11.9. The lowest BCUT2D eigenvalue weighted by Gasteiger charge is -2.22. The summed E-state index contributed by atoms with van der Waals surface area (Å²) in [4.78, 5) is 14.0. The van der Waals surface area contributed by atoms with Crippen molar-refractivity contribution in [2.45, 2.75) is 32.0 Å². The second-order valence-electron chi connectivity index (χ2n) is 6.18. The van der Waals surface area contributed by atoms with Crippen molar-refractivity contribution < 1.29 is 14.3 Å². The van der Waals surface area contributed by atoms with Crippen LogP contribution in [0.2, 0.25) is 0 Å². The predicted octanol–water partition coefficient (Wildman–Crippen LogP) is 2.59. The summed E-state index contributed by atoms with van der Waals surface area (Å²) in [5.41, 5.74) is 6.68. The van der Waals surface area contributed by atoms with Crippen molar-refractivity contribution in [3.05, 3.63) is 60.2 Å². The molecule has 1 aliphatic heterocycles. The lowest BCUT2D eigenvalue weighted by atomic mass is 10.1. The smallest absolute Gasteiger partial charge is 0.234 e. The second kappa shape index (κ2) is 8.03. The van der Waals surface area contributed by atoms with E-state index in [1.165, 1.54) is 0 Å². The Hall–Kier alpha value is -2.53. The van der Waals surface area contributed by atoms with Crippen molar-refractivity contribution >= 4 is 5.91 Å². The summed E-state index contributed by atoms with van der Waals surface area (Å²) < 4.78 is 11.7. The van der Waals surface area contributed by atoms with Gasteiger partial charge in [-0.05, 0) is 25.1 Å². The number of hydrogen-bond donors (Lipinski definition) is 1. The first-order valence-corrected chi connectivity index (χ1v) is 8.63. The Morgan fingerprint density at radius 2 is 1.88 bits per heavy atom. The Morgan fingerprint density at radius 1 is 1.16 bits per heavy atom. The Morgan fingerprint density at radius 3 is 2.60 bits per heavy atom. The summed E-state index contributed by atoms with van der Waals surface area (Å²) in [6.07, 6.45) is 0.542. The number of carbonyl (C=O) groups excluding carboxylic acids is 1. The van der Waals surface area contributed by atoms with E-state index < -0.39 is 0 Å². The van der Waals surface area contributed by atoms with Gasteiger partial charge in [0.25, 0.3) is 0 Å². The van der Waals surface area contributed by atoms with Crippen molar-refractivity contribution in [3.8, 4) is 11.5 Å². The third kappa shape index (κ3) is 4.31. The molecule has 5 heteroatoms. The standard InChI is InChI=1S/C20H24N2O3/c1-2-24-19-11-7-6-8-15(19)13-22-14-17(12-18(22)20(21)23)25-16-9-4-3-5-10-16/h3-11,17-18H,2,12-14H2,1H3,(H2,21,23)/t17-,18-/m0/s1. The SMILES string of the molecule is CCOc1ccccc1CN1C[C@@H](Oc2ccccc2)C[C@H]1C(N)=O. The molecule has 0 aliphatic carbocycles. The van der Waals surface area contributed by atoms with E-state index in [1.54, 1.807) is 0 Å². The number of primary amides is 1. The van der Waals surface area contributed by atoms with Crippen LogP contribution in [0.4, 0.5) is 0 Å². The van der Waals surface area contributed by atoms with Crippen LogP contribution in [0.25, 0.3) is 0 Å². The maximum atomic E-state index is 11.9. The summed E-state index contributed by atoms with van der Waals surface area (Å²) in [6, 6.07) is 17.2. The second-order valence-corrected chi connectivity index (χ2v) is 6.18. The minimum absolute atomic E-state index is 0.0563. The average molecular weight is 340 g/mol. The highest BCUT2D eigenvalue weighted by molar-refractivity contribution is 5.80. The highest BCUT2D eigenvalue weighted by atomic mass is 16.5. The van der Waals surface area contributed by atoms with Crippen LogP contribution in [0, 0.1) is 0 Å². The van der Waals surface area contributed by atoms with Crippen molar-refractivity contribution in [1.82, 2.24) is 4.90 Å². The summed E-state index contributed by atoms with van der Waals surface area (Å²) in [5, 5.41) is 0. The molecule has 1 amide bonds. The lowest BCUT2D eigenvalue weighted by molar-refractivity contribution is -0.122. The Balaban J connectivity index is 1.72. The first-order valence-electron chi connectivity index (χ1n) is 8.63. The fourth-order valence-electron chi connectivity index (χ4n) is 3.26. The largest absolute Gasteiger partial charge is 0.494 e. The van der Waals surface area contributed by atoms with Crippen LogP contribution in [-0.2, 0) is 11.3 Å². The molecule has 0 unspecified atom stereocenters. The van der Waals surface area contributed by atoms with Crippen LogP contribution >= 0.6 is 0 Å². The van der Waals surface area contributed by atoms with Gasteiger partial charge in [0.2, 0.25) is 5.91 Å². The molecule has 0 aromatic heterocycles. The quantitative estimate of drug-likeness (QED) is 0.841. The van der Waals surface area contributed by atoms with Gasteiger partial charge in [-0.3, -0.25) is 9.69 Å². The average Bonchev–Trinajstić information content (AvgIpc) is 3.00. The van der Waals surface area contributed by atoms with E-state index in [-0.39, 0.29) is 18.1 Å². The third-order valence-electron chi connectivity index (χ3n) is 4.39. The van der Waals surface area contributed by atoms with Gasteiger partial charge in [-0.15, -0.1) is 0 Å². The fourth-order valence-corrected chi connectivity index (χ4v) is 3.26. The molecule has 5 nitrogen and oxygen atoms in total. The molecule has 1 heterocycles. The van der Waals surface area contributed by atoms with Gasteiger partial charge in [0.1, 0.15) is 17.6 Å². The Labute approximate surface area is 148 Å². The number of nitrogens with two attached hydrogens (primary N) is 1. The number of rotatable bonds is 7. The normalized spacial score (nSPS) is 20.4. The molecule has 2 atom stereocenters. The molecular weight excluding hydrogens is 316 g/mol. The topological polar surface area (TPSA) is 64.8 Å².